The molecule has 5 nitrogen and oxygen atoms in total. The summed E-state index contributed by atoms with van der Waals surface area (Å²) in [7, 11) is 1.90. The second kappa shape index (κ2) is 8.09. The summed E-state index contributed by atoms with van der Waals surface area (Å²) in [6.07, 6.45) is 0. The molecule has 0 amide bonds. The lowest BCUT2D eigenvalue weighted by Gasteiger charge is -2.36. The highest BCUT2D eigenvalue weighted by atomic mass is 35.5. The van der Waals surface area contributed by atoms with E-state index in [2.05, 4.69) is 41.8 Å². The smallest absolute Gasteiger partial charge is 0.290 e. The molecule has 0 saturated carbocycles. The normalized spacial score (nSPS) is 15.1. The number of anilines is 1. The van der Waals surface area contributed by atoms with Gasteiger partial charge in [0, 0.05) is 45.5 Å². The minimum absolute atomic E-state index is 0.163. The van der Waals surface area contributed by atoms with E-state index in [0.717, 1.165) is 37.6 Å². The van der Waals surface area contributed by atoms with Gasteiger partial charge in [0.1, 0.15) is 5.02 Å². The molecule has 0 atom stereocenters. The van der Waals surface area contributed by atoms with Crippen molar-refractivity contribution in [2.45, 2.75) is 20.4 Å². The first kappa shape index (κ1) is 19.8. The highest BCUT2D eigenvalue weighted by Crippen LogP contribution is 2.22. The number of benzene rings is 2. The van der Waals surface area contributed by atoms with Crippen molar-refractivity contribution in [1.82, 2.24) is 14.3 Å². The Labute approximate surface area is 176 Å². The summed E-state index contributed by atoms with van der Waals surface area (Å²) in [6.45, 7) is 8.77. The van der Waals surface area contributed by atoms with Crippen molar-refractivity contribution in [2.75, 3.05) is 31.1 Å². The van der Waals surface area contributed by atoms with Gasteiger partial charge in [0.15, 0.2) is 0 Å². The van der Waals surface area contributed by atoms with Gasteiger partial charge in [0.05, 0.1) is 11.4 Å². The van der Waals surface area contributed by atoms with Gasteiger partial charge in [0.25, 0.3) is 5.56 Å². The van der Waals surface area contributed by atoms with E-state index in [0.29, 0.717) is 11.6 Å². The van der Waals surface area contributed by atoms with Crippen molar-refractivity contribution in [3.8, 4) is 5.69 Å². The number of hydrogen-bond donors (Lipinski definition) is 0. The van der Waals surface area contributed by atoms with Gasteiger partial charge in [-0.05, 0) is 49.2 Å². The molecule has 1 aliphatic heterocycles. The van der Waals surface area contributed by atoms with Gasteiger partial charge >= 0.3 is 0 Å². The van der Waals surface area contributed by atoms with Crippen molar-refractivity contribution in [3.05, 3.63) is 80.7 Å². The molecule has 0 radical (unpaired) electrons. The Morgan fingerprint density at radius 3 is 2.14 bits per heavy atom. The van der Waals surface area contributed by atoms with Crippen molar-refractivity contribution >= 4 is 17.3 Å². The third-order valence-corrected chi connectivity index (χ3v) is 6.02. The largest absolute Gasteiger partial charge is 0.369 e. The molecule has 0 aliphatic carbocycles. The number of halogens is 1. The molecule has 2 aromatic carbocycles. The average molecular weight is 411 g/mol. The summed E-state index contributed by atoms with van der Waals surface area (Å²) in [6, 6.07) is 16.3. The molecule has 0 bridgehead atoms. The van der Waals surface area contributed by atoms with Crippen molar-refractivity contribution < 1.29 is 0 Å². The molecule has 152 valence electrons. The molecule has 0 spiro atoms. The first-order valence-electron chi connectivity index (χ1n) is 10.0. The topological polar surface area (TPSA) is 33.4 Å². The van der Waals surface area contributed by atoms with Crippen LogP contribution < -0.4 is 10.5 Å². The van der Waals surface area contributed by atoms with Crippen LogP contribution in [0.3, 0.4) is 0 Å². The Morgan fingerprint density at radius 1 is 0.897 bits per heavy atom. The van der Waals surface area contributed by atoms with E-state index in [1.807, 2.05) is 42.1 Å². The first-order valence-corrected chi connectivity index (χ1v) is 10.4. The number of hydrogen-bond acceptors (Lipinski definition) is 3. The Balaban J connectivity index is 1.49. The van der Waals surface area contributed by atoms with Gasteiger partial charge in [-0.25, -0.2) is 4.68 Å². The fraction of sp³-hybridized carbons (Fsp3) is 0.348. The zero-order valence-electron chi connectivity index (χ0n) is 17.2. The molecule has 2 heterocycles. The number of piperazine rings is 1. The number of nitrogens with zero attached hydrogens (tertiary/aromatic N) is 4. The Bertz CT molecular complexity index is 1040. The maximum Gasteiger partial charge on any atom is 0.290 e. The lowest BCUT2D eigenvalue weighted by atomic mass is 10.1. The van der Waals surface area contributed by atoms with Crippen LogP contribution in [-0.2, 0) is 13.6 Å². The van der Waals surface area contributed by atoms with Crippen LogP contribution in [0.1, 0.15) is 16.8 Å². The third-order valence-electron chi connectivity index (χ3n) is 5.64. The number of para-hydroxylation sites is 1. The predicted molar refractivity (Wildman–Crippen MR) is 119 cm³/mol. The van der Waals surface area contributed by atoms with Crippen LogP contribution in [-0.4, -0.2) is 40.4 Å². The molecule has 6 heteroatoms. The lowest BCUT2D eigenvalue weighted by Crippen LogP contribution is -2.46. The monoisotopic (exact) mass is 410 g/mol. The summed E-state index contributed by atoms with van der Waals surface area (Å²) < 4.78 is 3.53. The van der Waals surface area contributed by atoms with Crippen LogP contribution in [0.2, 0.25) is 5.02 Å². The standard InChI is InChI=1S/C23H27ClN4O/c1-17-13-18(2)15-20(14-17)27-11-9-26(10-12-27)16-21-22(24)23(29)28(25(21)3)19-7-5-4-6-8-19/h4-8,13-15H,9-12,16H2,1-3H3. The fourth-order valence-corrected chi connectivity index (χ4v) is 4.42. The summed E-state index contributed by atoms with van der Waals surface area (Å²) in [4.78, 5) is 17.5. The van der Waals surface area contributed by atoms with Crippen LogP contribution in [0.4, 0.5) is 5.69 Å². The predicted octanol–water partition coefficient (Wildman–Crippen LogP) is 3.77. The zero-order chi connectivity index (χ0) is 20.5. The van der Waals surface area contributed by atoms with Gasteiger partial charge < -0.3 is 4.90 Å². The summed E-state index contributed by atoms with van der Waals surface area (Å²) in [5.41, 5.74) is 5.41. The van der Waals surface area contributed by atoms with Gasteiger partial charge in [-0.1, -0.05) is 35.9 Å². The molecule has 0 N–H and O–H groups in total. The molecule has 1 fully saturated rings. The van der Waals surface area contributed by atoms with Crippen molar-refractivity contribution in [1.29, 1.82) is 0 Å². The van der Waals surface area contributed by atoms with Crippen LogP contribution in [0.5, 0.6) is 0 Å². The molecule has 0 unspecified atom stereocenters. The fourth-order valence-electron chi connectivity index (χ4n) is 4.16. The molecule has 1 aliphatic rings. The molecule has 29 heavy (non-hydrogen) atoms. The van der Waals surface area contributed by atoms with Crippen LogP contribution in [0, 0.1) is 13.8 Å². The van der Waals surface area contributed by atoms with E-state index >= 15 is 0 Å². The molecule has 1 aromatic heterocycles. The summed E-state index contributed by atoms with van der Waals surface area (Å²) >= 11 is 6.46. The second-order valence-corrected chi connectivity index (χ2v) is 8.22. The Hall–Kier alpha value is -2.50. The minimum atomic E-state index is -0.163. The third kappa shape index (κ3) is 3.98. The van der Waals surface area contributed by atoms with E-state index in [-0.39, 0.29) is 5.56 Å². The van der Waals surface area contributed by atoms with E-state index in [9.17, 15) is 4.79 Å². The van der Waals surface area contributed by atoms with Crippen LogP contribution >= 0.6 is 11.6 Å². The number of rotatable bonds is 4. The number of aryl methyl sites for hydroxylation is 2. The SMILES string of the molecule is Cc1cc(C)cc(N2CCN(Cc3c(Cl)c(=O)n(-c4ccccc4)n3C)CC2)c1. The minimum Gasteiger partial charge on any atom is -0.369 e. The molecular weight excluding hydrogens is 384 g/mol. The van der Waals surface area contributed by atoms with Gasteiger partial charge in [-0.2, -0.15) is 0 Å². The zero-order valence-corrected chi connectivity index (χ0v) is 18.0. The summed E-state index contributed by atoms with van der Waals surface area (Å²) in [5.74, 6) is 0. The van der Waals surface area contributed by atoms with E-state index < -0.39 is 0 Å². The van der Waals surface area contributed by atoms with Crippen LogP contribution in [0.25, 0.3) is 5.69 Å². The quantitative estimate of drug-likeness (QED) is 0.656. The van der Waals surface area contributed by atoms with Crippen molar-refractivity contribution in [3.63, 3.8) is 0 Å². The lowest BCUT2D eigenvalue weighted by molar-refractivity contribution is 0.243. The average Bonchev–Trinajstić information content (AvgIpc) is 2.92. The Kier molecular flexibility index (Phi) is 5.52. The molecular formula is C23H27ClN4O. The van der Waals surface area contributed by atoms with Crippen molar-refractivity contribution in [2.24, 2.45) is 7.05 Å². The second-order valence-electron chi connectivity index (χ2n) is 7.85. The highest BCUT2D eigenvalue weighted by molar-refractivity contribution is 6.31. The first-order chi connectivity index (χ1) is 13.9. The number of aromatic nitrogens is 2. The van der Waals surface area contributed by atoms with Crippen LogP contribution in [0.15, 0.2) is 53.3 Å². The van der Waals surface area contributed by atoms with E-state index in [4.69, 9.17) is 11.6 Å². The maximum absolute atomic E-state index is 12.7. The van der Waals surface area contributed by atoms with Gasteiger partial charge in [0.2, 0.25) is 0 Å². The summed E-state index contributed by atoms with van der Waals surface area (Å²) in [5, 5.41) is 0.313. The highest BCUT2D eigenvalue weighted by Gasteiger charge is 2.23. The van der Waals surface area contributed by atoms with E-state index in [1.54, 1.807) is 4.68 Å². The molecule has 1 saturated heterocycles. The van der Waals surface area contributed by atoms with Gasteiger partial charge in [-0.15, -0.1) is 0 Å². The van der Waals surface area contributed by atoms with Gasteiger partial charge in [-0.3, -0.25) is 14.4 Å². The Morgan fingerprint density at radius 2 is 1.52 bits per heavy atom. The maximum atomic E-state index is 12.7. The molecule has 4 rings (SSSR count). The van der Waals surface area contributed by atoms with E-state index in [1.165, 1.54) is 16.8 Å². The molecule has 3 aromatic rings.